The van der Waals surface area contributed by atoms with Crippen LogP contribution in [0, 0.1) is 5.82 Å². The summed E-state index contributed by atoms with van der Waals surface area (Å²) in [5.41, 5.74) is 1.56. The summed E-state index contributed by atoms with van der Waals surface area (Å²) in [5.74, 6) is -0.465. The van der Waals surface area contributed by atoms with Crippen LogP contribution in [-0.4, -0.2) is 49.4 Å². The van der Waals surface area contributed by atoms with E-state index in [-0.39, 0.29) is 35.8 Å². The minimum absolute atomic E-state index is 0.0270. The molecule has 27 heavy (non-hydrogen) atoms. The first-order valence-electron chi connectivity index (χ1n) is 8.59. The number of carbonyl (C=O) groups excluding carboxylic acids is 1. The average Bonchev–Trinajstić information content (AvgIpc) is 2.93. The number of nitrogens with zero attached hydrogens (tertiary/aromatic N) is 2. The van der Waals surface area contributed by atoms with E-state index >= 15 is 0 Å². The molecule has 2 heterocycles. The van der Waals surface area contributed by atoms with Crippen LogP contribution in [0.3, 0.4) is 0 Å². The van der Waals surface area contributed by atoms with Gasteiger partial charge in [-0.25, -0.2) is 12.8 Å². The van der Waals surface area contributed by atoms with E-state index in [4.69, 9.17) is 0 Å². The lowest BCUT2D eigenvalue weighted by molar-refractivity contribution is -0.123. The Hall–Kier alpha value is -1.77. The largest absolute Gasteiger partial charge is 0.306 e. The maximum absolute atomic E-state index is 13.2. The van der Waals surface area contributed by atoms with Crippen LogP contribution in [0.5, 0.6) is 0 Å². The Morgan fingerprint density at radius 2 is 1.63 bits per heavy atom. The van der Waals surface area contributed by atoms with Gasteiger partial charge >= 0.3 is 0 Å². The number of hydrogen-bond donors (Lipinski definition) is 0. The first-order valence-corrected chi connectivity index (χ1v) is 11.2. The Bertz CT molecular complexity index is 963. The highest BCUT2D eigenvalue weighted by Gasteiger charge is 2.49. The molecule has 2 saturated heterocycles. The highest BCUT2D eigenvalue weighted by atomic mass is 79.9. The zero-order chi connectivity index (χ0) is 19.2. The summed E-state index contributed by atoms with van der Waals surface area (Å²) in [4.78, 5) is 16.4. The smallest absolute Gasteiger partial charge is 0.241 e. The topological polar surface area (TPSA) is 57.7 Å². The summed E-state index contributed by atoms with van der Waals surface area (Å²) in [7, 11) is -3.24. The molecule has 8 heteroatoms. The summed E-state index contributed by atoms with van der Waals surface area (Å²) in [6, 6.07) is 12.7. The normalized spacial score (nSPS) is 24.8. The molecule has 2 aromatic rings. The number of halogens is 2. The molecule has 2 aliphatic heterocycles. The van der Waals surface area contributed by atoms with Gasteiger partial charge in [0.2, 0.25) is 5.91 Å². The number of sulfone groups is 1. The van der Waals surface area contributed by atoms with E-state index in [1.54, 1.807) is 17.0 Å². The quantitative estimate of drug-likeness (QED) is 0.717. The number of piperazine rings is 1. The van der Waals surface area contributed by atoms with Gasteiger partial charge in [-0.05, 0) is 42.0 Å². The third-order valence-corrected chi connectivity index (χ3v) is 7.33. The van der Waals surface area contributed by atoms with Crippen LogP contribution in [0.1, 0.15) is 5.56 Å². The number of benzene rings is 2. The van der Waals surface area contributed by atoms with E-state index < -0.39 is 15.9 Å². The Balaban J connectivity index is 1.65. The first-order chi connectivity index (χ1) is 12.8. The van der Waals surface area contributed by atoms with Gasteiger partial charge in [-0.3, -0.25) is 9.69 Å². The predicted molar refractivity (Wildman–Crippen MR) is 105 cm³/mol. The van der Waals surface area contributed by atoms with Gasteiger partial charge in [0.15, 0.2) is 9.84 Å². The second-order valence-electron chi connectivity index (χ2n) is 6.98. The molecule has 0 spiro atoms. The summed E-state index contributed by atoms with van der Waals surface area (Å²) in [5, 5.41) is 0. The van der Waals surface area contributed by atoms with Crippen LogP contribution in [-0.2, 0) is 21.2 Å². The van der Waals surface area contributed by atoms with Crippen LogP contribution in [0.2, 0.25) is 0 Å². The van der Waals surface area contributed by atoms with E-state index in [1.165, 1.54) is 12.1 Å². The van der Waals surface area contributed by atoms with Gasteiger partial charge in [0.25, 0.3) is 0 Å². The Morgan fingerprint density at radius 3 is 2.30 bits per heavy atom. The van der Waals surface area contributed by atoms with Gasteiger partial charge in [-0.15, -0.1) is 0 Å². The summed E-state index contributed by atoms with van der Waals surface area (Å²) in [6.45, 7) is 0.543. The molecule has 2 fully saturated rings. The van der Waals surface area contributed by atoms with Crippen molar-refractivity contribution in [3.05, 3.63) is 64.4 Å². The summed E-state index contributed by atoms with van der Waals surface area (Å²) < 4.78 is 38.8. The number of carbonyl (C=O) groups is 1. The molecule has 0 radical (unpaired) electrons. The lowest BCUT2D eigenvalue weighted by atomic mass is 10.0. The first kappa shape index (κ1) is 18.6. The molecule has 2 atom stereocenters. The van der Waals surface area contributed by atoms with E-state index in [1.807, 2.05) is 29.2 Å². The van der Waals surface area contributed by atoms with Gasteiger partial charge in [-0.1, -0.05) is 28.1 Å². The van der Waals surface area contributed by atoms with Gasteiger partial charge in [0, 0.05) is 22.7 Å². The highest BCUT2D eigenvalue weighted by Crippen LogP contribution is 2.33. The zero-order valence-corrected chi connectivity index (χ0v) is 16.8. The number of amides is 1. The number of fused-ring (bicyclic) bond motifs is 1. The van der Waals surface area contributed by atoms with Crippen LogP contribution >= 0.6 is 15.9 Å². The number of rotatable bonds is 3. The Kier molecular flexibility index (Phi) is 4.82. The highest BCUT2D eigenvalue weighted by molar-refractivity contribution is 9.10. The van der Waals surface area contributed by atoms with E-state index in [0.717, 1.165) is 10.0 Å². The van der Waals surface area contributed by atoms with Crippen molar-refractivity contribution in [2.75, 3.05) is 23.0 Å². The second kappa shape index (κ2) is 7.00. The van der Waals surface area contributed by atoms with Gasteiger partial charge < -0.3 is 4.90 Å². The van der Waals surface area contributed by atoms with Crippen molar-refractivity contribution in [1.29, 1.82) is 0 Å². The fourth-order valence-electron chi connectivity index (χ4n) is 3.89. The molecule has 2 unspecified atom stereocenters. The molecule has 4 rings (SSSR count). The van der Waals surface area contributed by atoms with Crippen molar-refractivity contribution < 1.29 is 17.6 Å². The van der Waals surface area contributed by atoms with Crippen LogP contribution in [0.25, 0.3) is 0 Å². The summed E-state index contributed by atoms with van der Waals surface area (Å²) in [6.07, 6.45) is 0. The molecule has 0 N–H and O–H groups in total. The molecule has 1 amide bonds. The van der Waals surface area contributed by atoms with Gasteiger partial charge in [-0.2, -0.15) is 0 Å². The summed E-state index contributed by atoms with van der Waals surface area (Å²) >= 11 is 3.38. The molecule has 5 nitrogen and oxygen atoms in total. The molecule has 0 aliphatic carbocycles. The third kappa shape index (κ3) is 3.79. The molecule has 0 saturated carbocycles. The second-order valence-corrected chi connectivity index (χ2v) is 10.1. The van der Waals surface area contributed by atoms with Gasteiger partial charge in [0.1, 0.15) is 5.82 Å². The van der Waals surface area contributed by atoms with Crippen molar-refractivity contribution >= 4 is 37.4 Å². The minimum Gasteiger partial charge on any atom is -0.306 e. The van der Waals surface area contributed by atoms with E-state index in [2.05, 4.69) is 15.9 Å². The number of hydrogen-bond acceptors (Lipinski definition) is 4. The zero-order valence-electron chi connectivity index (χ0n) is 14.4. The lowest BCUT2D eigenvalue weighted by Crippen LogP contribution is -2.61. The van der Waals surface area contributed by atoms with Crippen molar-refractivity contribution in [2.45, 2.75) is 18.6 Å². The Morgan fingerprint density at radius 1 is 1.00 bits per heavy atom. The fourth-order valence-corrected chi connectivity index (χ4v) is 6.14. The van der Waals surface area contributed by atoms with Crippen molar-refractivity contribution in [3.8, 4) is 0 Å². The SMILES string of the molecule is O=C1CN(Cc2ccc(F)cc2)C2CS(=O)(=O)CC2N1c1ccc(Br)cc1. The molecular formula is C19H18BrFN2O3S. The van der Waals surface area contributed by atoms with Crippen molar-refractivity contribution in [2.24, 2.45) is 0 Å². The maximum atomic E-state index is 13.2. The molecule has 0 bridgehead atoms. The van der Waals surface area contributed by atoms with E-state index in [9.17, 15) is 17.6 Å². The number of anilines is 1. The molecular weight excluding hydrogens is 435 g/mol. The monoisotopic (exact) mass is 452 g/mol. The van der Waals surface area contributed by atoms with Crippen LogP contribution < -0.4 is 4.90 Å². The average molecular weight is 453 g/mol. The van der Waals surface area contributed by atoms with Crippen molar-refractivity contribution in [3.63, 3.8) is 0 Å². The van der Waals surface area contributed by atoms with E-state index in [0.29, 0.717) is 12.2 Å². The molecule has 2 aromatic carbocycles. The molecule has 2 aliphatic rings. The standard InChI is InChI=1S/C19H18BrFN2O3S/c20-14-3-7-16(8-4-14)23-18-12-27(25,26)11-17(18)22(10-19(23)24)9-13-1-5-15(21)6-2-13/h1-8,17-18H,9-12H2. The predicted octanol–water partition coefficient (Wildman–Crippen LogP) is 2.60. The molecule has 142 valence electrons. The third-order valence-electron chi connectivity index (χ3n) is 5.10. The van der Waals surface area contributed by atoms with Crippen LogP contribution in [0.4, 0.5) is 10.1 Å². The van der Waals surface area contributed by atoms with Gasteiger partial charge in [0.05, 0.1) is 24.1 Å². The lowest BCUT2D eigenvalue weighted by Gasteiger charge is -2.43. The minimum atomic E-state index is -3.24. The fraction of sp³-hybridized carbons (Fsp3) is 0.316. The maximum Gasteiger partial charge on any atom is 0.241 e. The van der Waals surface area contributed by atoms with Crippen LogP contribution in [0.15, 0.2) is 53.0 Å². The molecule has 0 aromatic heterocycles. The Labute approximate surface area is 165 Å². The van der Waals surface area contributed by atoms with Crippen molar-refractivity contribution in [1.82, 2.24) is 4.90 Å².